The fourth-order valence-electron chi connectivity index (χ4n) is 3.48. The van der Waals surface area contributed by atoms with Crippen molar-refractivity contribution >= 4 is 17.5 Å². The number of anilines is 1. The molecule has 0 unspecified atom stereocenters. The highest BCUT2D eigenvalue weighted by atomic mass is 16.5. The molecule has 1 fully saturated rings. The molecular weight excluding hydrogens is 352 g/mol. The van der Waals surface area contributed by atoms with Crippen LogP contribution in [0.3, 0.4) is 0 Å². The highest BCUT2D eigenvalue weighted by molar-refractivity contribution is 5.92. The fraction of sp³-hybridized carbons (Fsp3) is 0.391. The Balaban J connectivity index is 1.47. The van der Waals surface area contributed by atoms with Crippen LogP contribution >= 0.6 is 0 Å². The third-order valence-electron chi connectivity index (χ3n) is 5.15. The molecule has 1 heterocycles. The van der Waals surface area contributed by atoms with Crippen molar-refractivity contribution in [1.29, 1.82) is 0 Å². The van der Waals surface area contributed by atoms with Crippen LogP contribution in [0.5, 0.6) is 5.75 Å². The standard InChI is InChI=1S/C23H28N2O3/c1-17(2)20-10-6-7-11-21(20)28-16-22(26)25-14-12-18(13-15-25)23(27)24-19-8-4-3-5-9-19/h3-11,17-18H,12-16H2,1-2H3,(H,24,27). The molecule has 0 radical (unpaired) electrons. The van der Waals surface area contributed by atoms with Gasteiger partial charge in [0, 0.05) is 24.7 Å². The van der Waals surface area contributed by atoms with E-state index in [1.54, 1.807) is 4.90 Å². The minimum Gasteiger partial charge on any atom is -0.483 e. The number of ether oxygens (including phenoxy) is 1. The van der Waals surface area contributed by atoms with Crippen molar-refractivity contribution in [2.24, 2.45) is 5.92 Å². The first-order valence-electron chi connectivity index (χ1n) is 9.90. The largest absolute Gasteiger partial charge is 0.483 e. The quantitative estimate of drug-likeness (QED) is 0.822. The summed E-state index contributed by atoms with van der Waals surface area (Å²) in [5, 5.41) is 2.95. The maximum absolute atomic E-state index is 12.5. The van der Waals surface area contributed by atoms with Gasteiger partial charge < -0.3 is 15.0 Å². The Labute approximate surface area is 166 Å². The molecule has 3 rings (SSSR count). The van der Waals surface area contributed by atoms with E-state index in [1.165, 1.54) is 0 Å². The zero-order valence-electron chi connectivity index (χ0n) is 16.6. The van der Waals surface area contributed by atoms with E-state index in [9.17, 15) is 9.59 Å². The number of para-hydroxylation sites is 2. The van der Waals surface area contributed by atoms with Crippen molar-refractivity contribution in [3.63, 3.8) is 0 Å². The lowest BCUT2D eigenvalue weighted by molar-refractivity contribution is -0.136. The number of hydrogen-bond donors (Lipinski definition) is 1. The van der Waals surface area contributed by atoms with Crippen molar-refractivity contribution in [2.45, 2.75) is 32.6 Å². The number of carbonyl (C=O) groups is 2. The van der Waals surface area contributed by atoms with Gasteiger partial charge in [0.1, 0.15) is 5.75 Å². The van der Waals surface area contributed by atoms with Gasteiger partial charge in [-0.3, -0.25) is 9.59 Å². The molecule has 1 N–H and O–H groups in total. The summed E-state index contributed by atoms with van der Waals surface area (Å²) < 4.78 is 5.80. The van der Waals surface area contributed by atoms with Gasteiger partial charge in [-0.1, -0.05) is 50.2 Å². The number of hydrogen-bond acceptors (Lipinski definition) is 3. The van der Waals surface area contributed by atoms with Crippen LogP contribution in [0.15, 0.2) is 54.6 Å². The molecule has 5 heteroatoms. The number of benzene rings is 2. The van der Waals surface area contributed by atoms with E-state index in [2.05, 4.69) is 19.2 Å². The van der Waals surface area contributed by atoms with Crippen LogP contribution in [0.4, 0.5) is 5.69 Å². The summed E-state index contributed by atoms with van der Waals surface area (Å²) in [6, 6.07) is 17.3. The van der Waals surface area contributed by atoms with Crippen LogP contribution in [-0.2, 0) is 9.59 Å². The van der Waals surface area contributed by atoms with Gasteiger partial charge in [0.25, 0.3) is 5.91 Å². The smallest absolute Gasteiger partial charge is 0.260 e. The summed E-state index contributed by atoms with van der Waals surface area (Å²) >= 11 is 0. The molecule has 0 atom stereocenters. The molecule has 0 aromatic heterocycles. The molecule has 0 spiro atoms. The minimum absolute atomic E-state index is 0.0273. The minimum atomic E-state index is -0.0631. The summed E-state index contributed by atoms with van der Waals surface area (Å²) in [4.78, 5) is 26.7. The van der Waals surface area contributed by atoms with E-state index >= 15 is 0 Å². The Morgan fingerprint density at radius 3 is 2.36 bits per heavy atom. The molecule has 5 nitrogen and oxygen atoms in total. The third kappa shape index (κ3) is 5.12. The van der Waals surface area contributed by atoms with E-state index in [0.717, 1.165) is 17.0 Å². The Bertz CT molecular complexity index is 797. The van der Waals surface area contributed by atoms with Crippen LogP contribution < -0.4 is 10.1 Å². The fourth-order valence-corrected chi connectivity index (χ4v) is 3.48. The lowest BCUT2D eigenvalue weighted by atomic mass is 9.95. The predicted molar refractivity (Wildman–Crippen MR) is 110 cm³/mol. The SMILES string of the molecule is CC(C)c1ccccc1OCC(=O)N1CCC(C(=O)Nc2ccccc2)CC1. The Morgan fingerprint density at radius 1 is 1.04 bits per heavy atom. The number of nitrogens with one attached hydrogen (secondary N) is 1. The maximum atomic E-state index is 12.5. The molecule has 1 saturated heterocycles. The molecule has 1 aliphatic rings. The van der Waals surface area contributed by atoms with Gasteiger partial charge in [-0.2, -0.15) is 0 Å². The van der Waals surface area contributed by atoms with E-state index in [1.807, 2.05) is 54.6 Å². The van der Waals surface area contributed by atoms with Gasteiger partial charge in [-0.05, 0) is 42.5 Å². The predicted octanol–water partition coefficient (Wildman–Crippen LogP) is 4.07. The van der Waals surface area contributed by atoms with Gasteiger partial charge in [0.2, 0.25) is 5.91 Å². The normalized spacial score (nSPS) is 14.8. The summed E-state index contributed by atoms with van der Waals surface area (Å²) in [5.74, 6) is 1.04. The molecule has 2 aromatic carbocycles. The van der Waals surface area contributed by atoms with Crippen LogP contribution in [0.25, 0.3) is 0 Å². The van der Waals surface area contributed by atoms with Crippen molar-refractivity contribution < 1.29 is 14.3 Å². The Hall–Kier alpha value is -2.82. The molecule has 1 aliphatic heterocycles. The van der Waals surface area contributed by atoms with Gasteiger partial charge in [-0.15, -0.1) is 0 Å². The summed E-state index contributed by atoms with van der Waals surface area (Å²) in [6.07, 6.45) is 1.35. The van der Waals surface area contributed by atoms with Gasteiger partial charge >= 0.3 is 0 Å². The molecule has 2 amide bonds. The summed E-state index contributed by atoms with van der Waals surface area (Å²) in [6.45, 7) is 5.41. The van der Waals surface area contributed by atoms with Crippen molar-refractivity contribution in [3.05, 3.63) is 60.2 Å². The van der Waals surface area contributed by atoms with Crippen LogP contribution in [-0.4, -0.2) is 36.4 Å². The van der Waals surface area contributed by atoms with Crippen LogP contribution in [0.2, 0.25) is 0 Å². The highest BCUT2D eigenvalue weighted by Crippen LogP contribution is 2.26. The zero-order valence-corrected chi connectivity index (χ0v) is 16.6. The van der Waals surface area contributed by atoms with Crippen molar-refractivity contribution in [1.82, 2.24) is 4.90 Å². The average molecular weight is 380 g/mol. The first kappa shape index (κ1) is 19.9. The Morgan fingerprint density at radius 2 is 1.68 bits per heavy atom. The molecule has 148 valence electrons. The average Bonchev–Trinajstić information content (AvgIpc) is 2.73. The van der Waals surface area contributed by atoms with E-state index in [0.29, 0.717) is 31.8 Å². The maximum Gasteiger partial charge on any atom is 0.260 e. The second-order valence-electron chi connectivity index (χ2n) is 7.49. The first-order valence-corrected chi connectivity index (χ1v) is 9.90. The summed E-state index contributed by atoms with van der Waals surface area (Å²) in [5.41, 5.74) is 1.91. The van der Waals surface area contributed by atoms with Gasteiger partial charge in [0.15, 0.2) is 6.61 Å². The number of amides is 2. The Kier molecular flexibility index (Phi) is 6.69. The molecule has 0 aliphatic carbocycles. The molecule has 2 aromatic rings. The van der Waals surface area contributed by atoms with Crippen molar-refractivity contribution in [2.75, 3.05) is 25.0 Å². The monoisotopic (exact) mass is 380 g/mol. The molecular formula is C23H28N2O3. The molecule has 0 bridgehead atoms. The zero-order chi connectivity index (χ0) is 19.9. The first-order chi connectivity index (χ1) is 13.5. The van der Waals surface area contributed by atoms with Gasteiger partial charge in [0.05, 0.1) is 0 Å². The van der Waals surface area contributed by atoms with E-state index in [4.69, 9.17) is 4.74 Å². The van der Waals surface area contributed by atoms with Crippen LogP contribution in [0, 0.1) is 5.92 Å². The molecule has 0 saturated carbocycles. The second-order valence-corrected chi connectivity index (χ2v) is 7.49. The number of likely N-dealkylation sites (tertiary alicyclic amines) is 1. The highest BCUT2D eigenvalue weighted by Gasteiger charge is 2.27. The van der Waals surface area contributed by atoms with E-state index < -0.39 is 0 Å². The van der Waals surface area contributed by atoms with Crippen LogP contribution in [0.1, 0.15) is 38.2 Å². The lowest BCUT2D eigenvalue weighted by Crippen LogP contribution is -2.43. The second kappa shape index (κ2) is 9.40. The van der Waals surface area contributed by atoms with E-state index in [-0.39, 0.29) is 24.3 Å². The lowest BCUT2D eigenvalue weighted by Gasteiger charge is -2.31. The molecule has 28 heavy (non-hydrogen) atoms. The number of rotatable bonds is 6. The van der Waals surface area contributed by atoms with Crippen molar-refractivity contribution in [3.8, 4) is 5.75 Å². The number of carbonyl (C=O) groups excluding carboxylic acids is 2. The summed E-state index contributed by atoms with van der Waals surface area (Å²) in [7, 11) is 0. The van der Waals surface area contributed by atoms with Gasteiger partial charge in [-0.25, -0.2) is 0 Å². The third-order valence-corrected chi connectivity index (χ3v) is 5.15. The number of nitrogens with zero attached hydrogens (tertiary/aromatic N) is 1. The topological polar surface area (TPSA) is 58.6 Å². The number of piperidine rings is 1.